The van der Waals surface area contributed by atoms with Gasteiger partial charge in [0.15, 0.2) is 6.04 Å². The van der Waals surface area contributed by atoms with Crippen molar-refractivity contribution in [1.82, 2.24) is 31.5 Å². The fourth-order valence-corrected chi connectivity index (χ4v) is 9.60. The van der Waals surface area contributed by atoms with Crippen molar-refractivity contribution in [3.63, 3.8) is 0 Å². The van der Waals surface area contributed by atoms with Crippen LogP contribution < -0.4 is 26.6 Å². The molecule has 268 valence electrons. The fourth-order valence-electron chi connectivity index (χ4n) is 6.49. The lowest BCUT2D eigenvalue weighted by Gasteiger charge is -2.44. The standard InChI is InChI=1S/C35H44N6O7S2/c1-34(2)26(40-30(49-34)24(33(47)48-5)38-22(42)18-20-12-8-6-9-13-20)28(44)36-16-17-37-29(45)27-35(3,4)50-32-25(31(46)41(27)32)39-23(43)19-21-14-10-7-11-15-21/h6-15,24-27,30,32,40H,16-19H2,1-5H3,(H,36,44)(H,37,45)(H,38,42)(H,39,43)/t24-,25+,26-,27?,30+,32+/m0/s1. The molecule has 0 aliphatic carbocycles. The van der Waals surface area contributed by atoms with Crippen molar-refractivity contribution in [1.29, 1.82) is 0 Å². The minimum Gasteiger partial charge on any atom is -0.467 e. The molecule has 6 atom stereocenters. The summed E-state index contributed by atoms with van der Waals surface area (Å²) in [5.74, 6) is -2.21. The highest BCUT2D eigenvalue weighted by molar-refractivity contribution is 8.02. The van der Waals surface area contributed by atoms with Gasteiger partial charge in [-0.05, 0) is 38.8 Å². The predicted molar refractivity (Wildman–Crippen MR) is 191 cm³/mol. The summed E-state index contributed by atoms with van der Waals surface area (Å²) in [6, 6.07) is 15.2. The number of nitrogens with zero attached hydrogens (tertiary/aromatic N) is 1. The Bertz CT molecular complexity index is 1610. The number of methoxy groups -OCH3 is 1. The van der Waals surface area contributed by atoms with E-state index in [1.165, 1.54) is 35.5 Å². The third-order valence-electron chi connectivity index (χ3n) is 8.94. The van der Waals surface area contributed by atoms with Crippen LogP contribution in [0.25, 0.3) is 0 Å². The second-order valence-electron chi connectivity index (χ2n) is 13.5. The maximum absolute atomic E-state index is 13.4. The summed E-state index contributed by atoms with van der Waals surface area (Å²) in [7, 11) is 1.24. The molecule has 3 saturated heterocycles. The second-order valence-corrected chi connectivity index (χ2v) is 17.1. The Hall–Kier alpha value is -4.08. The zero-order valence-electron chi connectivity index (χ0n) is 28.7. The van der Waals surface area contributed by atoms with Gasteiger partial charge in [0, 0.05) is 22.6 Å². The summed E-state index contributed by atoms with van der Waals surface area (Å²) in [6.07, 6.45) is 0.241. The summed E-state index contributed by atoms with van der Waals surface area (Å²) in [5.41, 5.74) is 1.64. The van der Waals surface area contributed by atoms with Gasteiger partial charge in [-0.15, -0.1) is 23.5 Å². The number of hydrogen-bond acceptors (Lipinski definition) is 10. The van der Waals surface area contributed by atoms with Crippen molar-refractivity contribution < 1.29 is 33.5 Å². The number of thioether (sulfide) groups is 2. The highest BCUT2D eigenvalue weighted by Gasteiger charge is 2.63. The number of esters is 1. The van der Waals surface area contributed by atoms with Gasteiger partial charge in [0.05, 0.1) is 25.3 Å². The van der Waals surface area contributed by atoms with E-state index in [0.29, 0.717) is 0 Å². The fraction of sp³-hybridized carbons (Fsp3) is 0.486. The first-order valence-electron chi connectivity index (χ1n) is 16.5. The van der Waals surface area contributed by atoms with Crippen LogP contribution in [0.1, 0.15) is 38.8 Å². The monoisotopic (exact) mass is 724 g/mol. The molecule has 0 bridgehead atoms. The van der Waals surface area contributed by atoms with Gasteiger partial charge >= 0.3 is 5.97 Å². The Kier molecular flexibility index (Phi) is 11.5. The van der Waals surface area contributed by atoms with Crippen LogP contribution in [0, 0.1) is 0 Å². The molecule has 50 heavy (non-hydrogen) atoms. The molecule has 2 aromatic rings. The molecular formula is C35H44N6O7S2. The molecule has 13 nitrogen and oxygen atoms in total. The van der Waals surface area contributed by atoms with E-state index in [0.717, 1.165) is 11.1 Å². The minimum atomic E-state index is -1.03. The van der Waals surface area contributed by atoms with Gasteiger partial charge in [0.2, 0.25) is 29.5 Å². The highest BCUT2D eigenvalue weighted by Crippen LogP contribution is 2.50. The average molecular weight is 725 g/mol. The number of nitrogens with one attached hydrogen (secondary N) is 5. The van der Waals surface area contributed by atoms with E-state index in [4.69, 9.17) is 4.74 Å². The van der Waals surface area contributed by atoms with Crippen LogP contribution in [0.4, 0.5) is 0 Å². The van der Waals surface area contributed by atoms with Crippen molar-refractivity contribution in [2.24, 2.45) is 0 Å². The van der Waals surface area contributed by atoms with Gasteiger partial charge < -0.3 is 30.9 Å². The zero-order chi connectivity index (χ0) is 36.2. The van der Waals surface area contributed by atoms with Crippen LogP contribution in [0.5, 0.6) is 0 Å². The van der Waals surface area contributed by atoms with Crippen molar-refractivity contribution >= 4 is 59.0 Å². The molecule has 3 heterocycles. The molecule has 3 aliphatic heterocycles. The van der Waals surface area contributed by atoms with Crippen molar-refractivity contribution in [2.75, 3.05) is 20.2 Å². The molecular weight excluding hydrogens is 681 g/mol. The summed E-state index contributed by atoms with van der Waals surface area (Å²) in [5, 5.41) is 13.5. The van der Waals surface area contributed by atoms with E-state index in [9.17, 15) is 28.8 Å². The number of benzene rings is 2. The van der Waals surface area contributed by atoms with E-state index in [1.807, 2.05) is 88.4 Å². The zero-order valence-corrected chi connectivity index (χ0v) is 30.3. The lowest BCUT2D eigenvalue weighted by atomic mass is 9.95. The van der Waals surface area contributed by atoms with Crippen molar-refractivity contribution in [3.8, 4) is 0 Å². The first-order chi connectivity index (χ1) is 23.7. The Morgan fingerprint density at radius 2 is 1.38 bits per heavy atom. The topological polar surface area (TPSA) is 175 Å². The maximum atomic E-state index is 13.4. The number of fused-ring (bicyclic) bond motifs is 1. The van der Waals surface area contributed by atoms with E-state index >= 15 is 0 Å². The molecule has 3 fully saturated rings. The van der Waals surface area contributed by atoms with Gasteiger partial charge in [-0.25, -0.2) is 4.79 Å². The lowest BCUT2D eigenvalue weighted by molar-refractivity contribution is -0.155. The number of carbonyl (C=O) groups is 6. The van der Waals surface area contributed by atoms with Crippen LogP contribution in [-0.2, 0) is 46.3 Å². The Morgan fingerprint density at radius 3 is 1.96 bits per heavy atom. The number of hydrogen-bond donors (Lipinski definition) is 5. The smallest absolute Gasteiger partial charge is 0.330 e. The molecule has 1 unspecified atom stereocenters. The number of β-lactam (4-membered cyclic amide) rings is 1. The molecule has 0 spiro atoms. The van der Waals surface area contributed by atoms with E-state index in [2.05, 4.69) is 26.6 Å². The largest absolute Gasteiger partial charge is 0.467 e. The summed E-state index contributed by atoms with van der Waals surface area (Å²) in [6.45, 7) is 7.77. The van der Waals surface area contributed by atoms with Crippen LogP contribution in [0.15, 0.2) is 60.7 Å². The SMILES string of the molecule is COC(=O)[C@@H](NC(=O)Cc1ccccc1)[C@@H]1N[C@@H](C(=O)NCCNC(=O)C2N3C(=O)[C@@H](NC(=O)Cc4ccccc4)[C@H]3SC2(C)C)C(C)(C)S1. The summed E-state index contributed by atoms with van der Waals surface area (Å²) in [4.78, 5) is 79.6. The molecule has 5 N–H and O–H groups in total. The first-order valence-corrected chi connectivity index (χ1v) is 18.2. The lowest BCUT2D eigenvalue weighted by Crippen LogP contribution is -2.71. The minimum absolute atomic E-state index is 0.0833. The highest BCUT2D eigenvalue weighted by atomic mass is 32.2. The molecule has 3 aliphatic rings. The molecule has 0 radical (unpaired) electrons. The van der Waals surface area contributed by atoms with E-state index in [-0.39, 0.29) is 60.8 Å². The van der Waals surface area contributed by atoms with E-state index < -0.39 is 45.0 Å². The third-order valence-corrected chi connectivity index (χ3v) is 12.0. The molecule has 0 aromatic heterocycles. The van der Waals surface area contributed by atoms with Gasteiger partial charge in [0.1, 0.15) is 23.5 Å². The third kappa shape index (κ3) is 8.27. The molecule has 5 rings (SSSR count). The Labute approximate surface area is 300 Å². The molecule has 5 amide bonds. The average Bonchev–Trinajstić information content (AvgIpc) is 3.54. The normalized spacial score (nSPS) is 25.0. The van der Waals surface area contributed by atoms with Crippen LogP contribution >= 0.6 is 23.5 Å². The predicted octanol–water partition coefficient (Wildman–Crippen LogP) is 0.719. The number of amides is 5. The number of carbonyl (C=O) groups excluding carboxylic acids is 6. The van der Waals surface area contributed by atoms with Gasteiger partial charge in [-0.1, -0.05) is 60.7 Å². The van der Waals surface area contributed by atoms with Crippen LogP contribution in [-0.4, -0.2) is 105 Å². The van der Waals surface area contributed by atoms with Gasteiger partial charge in [-0.2, -0.15) is 0 Å². The number of rotatable bonds is 13. The van der Waals surface area contributed by atoms with Crippen LogP contribution in [0.2, 0.25) is 0 Å². The van der Waals surface area contributed by atoms with Crippen molar-refractivity contribution in [2.45, 2.75) is 84.9 Å². The Morgan fingerprint density at radius 1 is 0.820 bits per heavy atom. The molecule has 2 aromatic carbocycles. The summed E-state index contributed by atoms with van der Waals surface area (Å²) < 4.78 is 3.71. The second kappa shape index (κ2) is 15.4. The molecule has 0 saturated carbocycles. The quantitative estimate of drug-likeness (QED) is 0.113. The summed E-state index contributed by atoms with van der Waals surface area (Å²) >= 11 is 2.83. The number of ether oxygens (including phenoxy) is 1. The maximum Gasteiger partial charge on any atom is 0.330 e. The first kappa shape index (κ1) is 37.2. The van der Waals surface area contributed by atoms with Gasteiger partial charge in [-0.3, -0.25) is 29.3 Å². The molecule has 15 heteroatoms. The van der Waals surface area contributed by atoms with Crippen LogP contribution in [0.3, 0.4) is 0 Å². The van der Waals surface area contributed by atoms with E-state index in [1.54, 1.807) is 0 Å². The van der Waals surface area contributed by atoms with Gasteiger partial charge in [0.25, 0.3) is 0 Å². The van der Waals surface area contributed by atoms with Crippen molar-refractivity contribution in [3.05, 3.63) is 71.8 Å². The Balaban J connectivity index is 1.10.